The van der Waals surface area contributed by atoms with Crippen LogP contribution in [0, 0.1) is 0 Å². The molecule has 2 aliphatic heterocycles. The zero-order valence-electron chi connectivity index (χ0n) is 15.9. The summed E-state index contributed by atoms with van der Waals surface area (Å²) in [5.41, 5.74) is 10.5. The second-order valence-electron chi connectivity index (χ2n) is 7.74. The molecule has 0 amide bonds. The van der Waals surface area contributed by atoms with Crippen LogP contribution >= 0.6 is 0 Å². The van der Waals surface area contributed by atoms with Crippen LogP contribution in [0.25, 0.3) is 11.3 Å². The molecule has 0 radical (unpaired) electrons. The van der Waals surface area contributed by atoms with Gasteiger partial charge in [-0.1, -0.05) is 0 Å². The van der Waals surface area contributed by atoms with Gasteiger partial charge in [-0.15, -0.1) is 0 Å². The zero-order valence-corrected chi connectivity index (χ0v) is 15.9. The Balaban J connectivity index is 1.44. The second-order valence-corrected chi connectivity index (χ2v) is 7.74. The molecule has 0 aliphatic carbocycles. The number of hydrogen-bond acceptors (Lipinski definition) is 6. The first kappa shape index (κ1) is 17.2. The first-order chi connectivity index (χ1) is 13.6. The van der Waals surface area contributed by atoms with E-state index in [0.717, 1.165) is 36.5 Å². The summed E-state index contributed by atoms with van der Waals surface area (Å²) in [6.45, 7) is 5.08. The lowest BCUT2D eigenvalue weighted by molar-refractivity contribution is 0.227. The van der Waals surface area contributed by atoms with Gasteiger partial charge in [0.2, 0.25) is 0 Å². The molecule has 0 aromatic carbocycles. The molecule has 5 rings (SSSR count). The van der Waals surface area contributed by atoms with Crippen molar-refractivity contribution in [3.8, 4) is 17.0 Å². The maximum absolute atomic E-state index is 6.10. The molecule has 7 heteroatoms. The average molecular weight is 376 g/mol. The van der Waals surface area contributed by atoms with E-state index in [1.165, 1.54) is 18.5 Å². The van der Waals surface area contributed by atoms with Crippen molar-refractivity contribution in [2.75, 3.05) is 18.8 Å². The number of nitrogens with one attached hydrogen (secondary N) is 1. The summed E-state index contributed by atoms with van der Waals surface area (Å²) in [7, 11) is 0. The fourth-order valence-electron chi connectivity index (χ4n) is 4.36. The highest BCUT2D eigenvalue weighted by Crippen LogP contribution is 2.41. The molecule has 0 bridgehead atoms. The lowest BCUT2D eigenvalue weighted by Gasteiger charge is -2.20. The predicted molar refractivity (Wildman–Crippen MR) is 107 cm³/mol. The van der Waals surface area contributed by atoms with Crippen LogP contribution in [0.2, 0.25) is 0 Å². The van der Waals surface area contributed by atoms with Gasteiger partial charge in [0.05, 0.1) is 5.69 Å². The minimum atomic E-state index is -0.151. The molecule has 1 spiro atoms. The molecule has 0 unspecified atom stereocenters. The number of anilines is 1. The molecule has 2 atom stereocenters. The Morgan fingerprint density at radius 1 is 1.25 bits per heavy atom. The molecule has 1 fully saturated rings. The van der Waals surface area contributed by atoms with Gasteiger partial charge in [-0.05, 0) is 56.1 Å². The van der Waals surface area contributed by atoms with Crippen molar-refractivity contribution >= 4 is 5.82 Å². The fraction of sp³-hybridized carbons (Fsp3) is 0.381. The van der Waals surface area contributed by atoms with Crippen LogP contribution < -0.4 is 15.8 Å². The van der Waals surface area contributed by atoms with E-state index < -0.39 is 0 Å². The maximum Gasteiger partial charge on any atom is 0.166 e. The number of nitrogens with zero attached hydrogens (tertiary/aromatic N) is 4. The molecule has 2 aliphatic rings. The predicted octanol–water partition coefficient (Wildman–Crippen LogP) is 2.70. The number of nitrogens with two attached hydrogens (primary N) is 1. The third-order valence-corrected chi connectivity index (χ3v) is 6.03. The van der Waals surface area contributed by atoms with E-state index in [0.29, 0.717) is 11.6 Å². The Bertz CT molecular complexity index is 993. The van der Waals surface area contributed by atoms with Gasteiger partial charge in [0.15, 0.2) is 11.6 Å². The summed E-state index contributed by atoms with van der Waals surface area (Å²) >= 11 is 0. The number of fused-ring (bicyclic) bond motifs is 2. The number of aromatic nitrogens is 4. The number of rotatable bonds is 4. The SMILES string of the molecule is C[C@@H](Oc1cc(-c2cc3n(n2)CC[C@@]32CCNC2)cnc1N)c1ccncc1. The summed E-state index contributed by atoms with van der Waals surface area (Å²) in [4.78, 5) is 8.41. The third-order valence-electron chi connectivity index (χ3n) is 6.03. The van der Waals surface area contributed by atoms with Crippen molar-refractivity contribution in [3.05, 3.63) is 54.1 Å². The molecular formula is C21H24N6O. The molecule has 1 saturated heterocycles. The Hall–Kier alpha value is -2.93. The van der Waals surface area contributed by atoms with Crippen LogP contribution in [0.5, 0.6) is 5.75 Å². The van der Waals surface area contributed by atoms with Crippen molar-refractivity contribution in [1.29, 1.82) is 0 Å². The third kappa shape index (κ3) is 2.82. The Morgan fingerprint density at radius 2 is 2.11 bits per heavy atom. The largest absolute Gasteiger partial charge is 0.482 e. The molecule has 5 heterocycles. The average Bonchev–Trinajstić information content (AvgIpc) is 3.43. The highest BCUT2D eigenvalue weighted by atomic mass is 16.5. The van der Waals surface area contributed by atoms with Crippen LogP contribution in [0.1, 0.15) is 37.1 Å². The van der Waals surface area contributed by atoms with E-state index >= 15 is 0 Å². The first-order valence-corrected chi connectivity index (χ1v) is 9.76. The standard InChI is InChI=1S/C21H24N6O/c1-14(15-2-6-23-7-3-15)28-18-10-16(12-25-20(18)22)17-11-19-21(4-8-24-13-21)5-9-27(19)26-17/h2-3,6-7,10-12,14,24H,4-5,8-9,13H2,1H3,(H2,22,25)/t14-,21-/m1/s1. The summed E-state index contributed by atoms with van der Waals surface area (Å²) < 4.78 is 8.26. The highest BCUT2D eigenvalue weighted by Gasteiger charge is 2.42. The molecule has 0 saturated carbocycles. The number of nitrogen functional groups attached to an aromatic ring is 1. The van der Waals surface area contributed by atoms with Gasteiger partial charge in [0, 0.05) is 48.4 Å². The number of pyridine rings is 2. The van der Waals surface area contributed by atoms with Gasteiger partial charge in [-0.3, -0.25) is 9.67 Å². The fourth-order valence-corrected chi connectivity index (χ4v) is 4.36. The van der Waals surface area contributed by atoms with Crippen LogP contribution in [-0.2, 0) is 12.0 Å². The molecule has 3 N–H and O–H groups in total. The van der Waals surface area contributed by atoms with E-state index in [-0.39, 0.29) is 11.5 Å². The molecule has 144 valence electrons. The smallest absolute Gasteiger partial charge is 0.166 e. The van der Waals surface area contributed by atoms with Crippen LogP contribution in [0.3, 0.4) is 0 Å². The number of ether oxygens (including phenoxy) is 1. The molecule has 28 heavy (non-hydrogen) atoms. The van der Waals surface area contributed by atoms with Crippen molar-refractivity contribution in [2.45, 2.75) is 37.8 Å². The van der Waals surface area contributed by atoms with Gasteiger partial charge in [-0.2, -0.15) is 5.10 Å². The van der Waals surface area contributed by atoms with Crippen molar-refractivity contribution in [3.63, 3.8) is 0 Å². The summed E-state index contributed by atoms with van der Waals surface area (Å²) in [5, 5.41) is 8.34. The minimum absolute atomic E-state index is 0.151. The summed E-state index contributed by atoms with van der Waals surface area (Å²) in [6, 6.07) is 8.03. The van der Waals surface area contributed by atoms with Crippen LogP contribution in [0.15, 0.2) is 42.9 Å². The van der Waals surface area contributed by atoms with E-state index in [4.69, 9.17) is 15.6 Å². The highest BCUT2D eigenvalue weighted by molar-refractivity contribution is 5.64. The van der Waals surface area contributed by atoms with Gasteiger partial charge < -0.3 is 15.8 Å². The minimum Gasteiger partial charge on any atom is -0.482 e. The van der Waals surface area contributed by atoms with E-state index in [9.17, 15) is 0 Å². The second kappa shape index (κ2) is 6.60. The molecule has 3 aromatic rings. The van der Waals surface area contributed by atoms with Crippen molar-refractivity contribution in [2.24, 2.45) is 0 Å². The molecular weight excluding hydrogens is 352 g/mol. The van der Waals surface area contributed by atoms with E-state index in [1.807, 2.05) is 25.1 Å². The summed E-state index contributed by atoms with van der Waals surface area (Å²) in [5.74, 6) is 0.958. The molecule has 7 nitrogen and oxygen atoms in total. The first-order valence-electron chi connectivity index (χ1n) is 9.76. The van der Waals surface area contributed by atoms with Gasteiger partial charge in [0.25, 0.3) is 0 Å². The monoisotopic (exact) mass is 376 g/mol. The van der Waals surface area contributed by atoms with E-state index in [1.54, 1.807) is 18.6 Å². The van der Waals surface area contributed by atoms with Gasteiger partial charge in [0.1, 0.15) is 6.10 Å². The lowest BCUT2D eigenvalue weighted by atomic mass is 9.82. The topological polar surface area (TPSA) is 90.9 Å². The van der Waals surface area contributed by atoms with Crippen LogP contribution in [0.4, 0.5) is 5.82 Å². The zero-order chi connectivity index (χ0) is 19.1. The Kier molecular flexibility index (Phi) is 4.05. The van der Waals surface area contributed by atoms with Crippen molar-refractivity contribution in [1.82, 2.24) is 25.1 Å². The van der Waals surface area contributed by atoms with E-state index in [2.05, 4.69) is 26.0 Å². The van der Waals surface area contributed by atoms with Gasteiger partial charge >= 0.3 is 0 Å². The maximum atomic E-state index is 6.10. The van der Waals surface area contributed by atoms with Crippen molar-refractivity contribution < 1.29 is 4.74 Å². The Labute approximate surface area is 164 Å². The lowest BCUT2D eigenvalue weighted by Crippen LogP contribution is -2.25. The number of aryl methyl sites for hydroxylation is 1. The van der Waals surface area contributed by atoms with Gasteiger partial charge in [-0.25, -0.2) is 4.98 Å². The normalized spacial score (nSPS) is 21.8. The Morgan fingerprint density at radius 3 is 2.89 bits per heavy atom. The number of hydrogen-bond donors (Lipinski definition) is 2. The summed E-state index contributed by atoms with van der Waals surface area (Å²) in [6.07, 6.45) is 7.48. The van der Waals surface area contributed by atoms with Crippen LogP contribution in [-0.4, -0.2) is 32.8 Å². The molecule has 3 aromatic heterocycles. The quantitative estimate of drug-likeness (QED) is 0.728.